The van der Waals surface area contributed by atoms with Crippen LogP contribution >= 0.6 is 0 Å². The smallest absolute Gasteiger partial charge is 0.245 e. The molecule has 2 unspecified atom stereocenters. The number of nitrogens with zero attached hydrogens (tertiary/aromatic N) is 1. The van der Waals surface area contributed by atoms with E-state index in [1.165, 1.54) is 0 Å². The SMILES string of the molecule is CCCN(C(=O)C(C)NC(=O)C(C)(C)C)C1CCNC1. The fourth-order valence-corrected chi connectivity index (χ4v) is 2.34. The molecule has 1 heterocycles. The zero-order valence-corrected chi connectivity index (χ0v) is 13.5. The zero-order chi connectivity index (χ0) is 15.3. The zero-order valence-electron chi connectivity index (χ0n) is 13.5. The molecule has 0 radical (unpaired) electrons. The summed E-state index contributed by atoms with van der Waals surface area (Å²) in [6.45, 7) is 12.0. The second-order valence-corrected chi connectivity index (χ2v) is 6.62. The quantitative estimate of drug-likeness (QED) is 0.795. The molecule has 5 heteroatoms. The van der Waals surface area contributed by atoms with Crippen molar-refractivity contribution in [2.75, 3.05) is 19.6 Å². The topological polar surface area (TPSA) is 61.4 Å². The summed E-state index contributed by atoms with van der Waals surface area (Å²) in [7, 11) is 0. The van der Waals surface area contributed by atoms with E-state index in [2.05, 4.69) is 17.6 Å². The van der Waals surface area contributed by atoms with Crippen molar-refractivity contribution < 1.29 is 9.59 Å². The lowest BCUT2D eigenvalue weighted by molar-refractivity contribution is -0.139. The number of amides is 2. The van der Waals surface area contributed by atoms with Gasteiger partial charge in [-0.25, -0.2) is 0 Å². The third-order valence-electron chi connectivity index (χ3n) is 3.62. The lowest BCUT2D eigenvalue weighted by atomic mass is 9.95. The van der Waals surface area contributed by atoms with Crippen molar-refractivity contribution in [1.29, 1.82) is 0 Å². The summed E-state index contributed by atoms with van der Waals surface area (Å²) in [6.07, 6.45) is 1.92. The molecule has 2 N–H and O–H groups in total. The lowest BCUT2D eigenvalue weighted by Crippen LogP contribution is -2.53. The Morgan fingerprint density at radius 2 is 2.05 bits per heavy atom. The van der Waals surface area contributed by atoms with Gasteiger partial charge in [0.2, 0.25) is 11.8 Å². The molecular weight excluding hydrogens is 254 g/mol. The second-order valence-electron chi connectivity index (χ2n) is 6.62. The van der Waals surface area contributed by atoms with Gasteiger partial charge in [-0.05, 0) is 26.3 Å². The number of carbonyl (C=O) groups is 2. The molecule has 1 fully saturated rings. The maximum Gasteiger partial charge on any atom is 0.245 e. The molecule has 2 atom stereocenters. The molecule has 116 valence electrons. The van der Waals surface area contributed by atoms with Gasteiger partial charge in [-0.3, -0.25) is 9.59 Å². The molecule has 2 amide bonds. The minimum absolute atomic E-state index is 0.0261. The third-order valence-corrected chi connectivity index (χ3v) is 3.62. The van der Waals surface area contributed by atoms with Crippen LogP contribution in [-0.4, -0.2) is 48.4 Å². The van der Waals surface area contributed by atoms with Gasteiger partial charge in [-0.1, -0.05) is 27.7 Å². The summed E-state index contributed by atoms with van der Waals surface area (Å²) in [5.74, 6) is -0.0579. The first-order chi connectivity index (χ1) is 9.27. The molecule has 1 saturated heterocycles. The molecular formula is C15H29N3O2. The predicted molar refractivity (Wildman–Crippen MR) is 80.3 cm³/mol. The van der Waals surface area contributed by atoms with Crippen molar-refractivity contribution in [3.63, 3.8) is 0 Å². The minimum Gasteiger partial charge on any atom is -0.344 e. The third kappa shape index (κ3) is 4.47. The van der Waals surface area contributed by atoms with E-state index < -0.39 is 11.5 Å². The van der Waals surface area contributed by atoms with E-state index in [1.54, 1.807) is 6.92 Å². The summed E-state index contributed by atoms with van der Waals surface area (Å²) >= 11 is 0. The van der Waals surface area contributed by atoms with E-state index in [0.717, 1.165) is 32.5 Å². The molecule has 1 aliphatic heterocycles. The second kappa shape index (κ2) is 7.07. The van der Waals surface area contributed by atoms with Gasteiger partial charge in [-0.2, -0.15) is 0 Å². The summed E-state index contributed by atoms with van der Waals surface area (Å²) in [5.41, 5.74) is -0.473. The highest BCUT2D eigenvalue weighted by atomic mass is 16.2. The Morgan fingerprint density at radius 1 is 1.40 bits per heavy atom. The lowest BCUT2D eigenvalue weighted by Gasteiger charge is -2.32. The number of carbonyl (C=O) groups excluding carboxylic acids is 2. The van der Waals surface area contributed by atoms with E-state index in [1.807, 2.05) is 25.7 Å². The van der Waals surface area contributed by atoms with Crippen LogP contribution in [0.15, 0.2) is 0 Å². The van der Waals surface area contributed by atoms with Crippen LogP contribution in [0.1, 0.15) is 47.5 Å². The first-order valence-corrected chi connectivity index (χ1v) is 7.59. The average molecular weight is 283 g/mol. The first kappa shape index (κ1) is 17.0. The van der Waals surface area contributed by atoms with Gasteiger partial charge >= 0.3 is 0 Å². The van der Waals surface area contributed by atoms with E-state index >= 15 is 0 Å². The first-order valence-electron chi connectivity index (χ1n) is 7.59. The number of hydrogen-bond acceptors (Lipinski definition) is 3. The van der Waals surface area contributed by atoms with Gasteiger partial charge < -0.3 is 15.5 Å². The molecule has 1 aliphatic rings. The Balaban J connectivity index is 2.66. The van der Waals surface area contributed by atoms with Crippen molar-refractivity contribution in [1.82, 2.24) is 15.5 Å². The van der Waals surface area contributed by atoms with Crippen LogP contribution in [0.2, 0.25) is 0 Å². The van der Waals surface area contributed by atoms with Crippen LogP contribution in [0.3, 0.4) is 0 Å². The number of hydrogen-bond donors (Lipinski definition) is 2. The molecule has 0 bridgehead atoms. The summed E-state index contributed by atoms with van der Waals surface area (Å²) in [6, 6.07) is -0.203. The van der Waals surface area contributed by atoms with Crippen molar-refractivity contribution in [3.8, 4) is 0 Å². The molecule has 1 rings (SSSR count). The van der Waals surface area contributed by atoms with Crippen molar-refractivity contribution in [2.24, 2.45) is 5.41 Å². The predicted octanol–water partition coefficient (Wildman–Crippen LogP) is 1.14. The highest BCUT2D eigenvalue weighted by Gasteiger charge is 2.31. The van der Waals surface area contributed by atoms with Crippen LogP contribution in [-0.2, 0) is 9.59 Å². The molecule has 0 aliphatic carbocycles. The average Bonchev–Trinajstić information content (AvgIpc) is 2.87. The normalized spacial score (nSPS) is 20.6. The van der Waals surface area contributed by atoms with Gasteiger partial charge in [0.15, 0.2) is 0 Å². The molecule has 0 saturated carbocycles. The van der Waals surface area contributed by atoms with Crippen LogP contribution in [0.25, 0.3) is 0 Å². The van der Waals surface area contributed by atoms with Crippen molar-refractivity contribution in [2.45, 2.75) is 59.5 Å². The van der Waals surface area contributed by atoms with Crippen molar-refractivity contribution >= 4 is 11.8 Å². The van der Waals surface area contributed by atoms with E-state index in [4.69, 9.17) is 0 Å². The molecule has 20 heavy (non-hydrogen) atoms. The molecule has 0 spiro atoms. The Morgan fingerprint density at radius 3 is 2.50 bits per heavy atom. The van der Waals surface area contributed by atoms with E-state index in [0.29, 0.717) is 0 Å². The summed E-state index contributed by atoms with van der Waals surface area (Å²) in [4.78, 5) is 26.5. The highest BCUT2D eigenvalue weighted by Crippen LogP contribution is 2.15. The number of rotatable bonds is 5. The van der Waals surface area contributed by atoms with Gasteiger partial charge in [0.1, 0.15) is 6.04 Å². The summed E-state index contributed by atoms with van der Waals surface area (Å²) in [5, 5.41) is 6.12. The minimum atomic E-state index is -0.473. The van der Waals surface area contributed by atoms with Crippen molar-refractivity contribution in [3.05, 3.63) is 0 Å². The van der Waals surface area contributed by atoms with Crippen LogP contribution in [0.4, 0.5) is 0 Å². The molecule has 0 aromatic carbocycles. The largest absolute Gasteiger partial charge is 0.344 e. The number of nitrogens with one attached hydrogen (secondary N) is 2. The molecule has 0 aromatic heterocycles. The Kier molecular flexibility index (Phi) is 5.99. The Bertz CT molecular complexity index is 344. The van der Waals surface area contributed by atoms with E-state index in [-0.39, 0.29) is 17.9 Å². The van der Waals surface area contributed by atoms with E-state index in [9.17, 15) is 9.59 Å². The van der Waals surface area contributed by atoms with Gasteiger partial charge in [-0.15, -0.1) is 0 Å². The fourth-order valence-electron chi connectivity index (χ4n) is 2.34. The monoisotopic (exact) mass is 283 g/mol. The highest BCUT2D eigenvalue weighted by molar-refractivity contribution is 5.89. The van der Waals surface area contributed by atoms with Gasteiger partial charge in [0.25, 0.3) is 0 Å². The maximum atomic E-state index is 12.6. The van der Waals surface area contributed by atoms with Gasteiger partial charge in [0.05, 0.1) is 0 Å². The van der Waals surface area contributed by atoms with Gasteiger partial charge in [0, 0.05) is 24.5 Å². The van der Waals surface area contributed by atoms with Crippen LogP contribution < -0.4 is 10.6 Å². The van der Waals surface area contributed by atoms with Crippen LogP contribution in [0, 0.1) is 5.41 Å². The molecule has 5 nitrogen and oxygen atoms in total. The Hall–Kier alpha value is -1.10. The summed E-state index contributed by atoms with van der Waals surface area (Å²) < 4.78 is 0. The standard InChI is InChI=1S/C15H29N3O2/c1-6-9-18(12-7-8-16-10-12)13(19)11(2)17-14(20)15(3,4)5/h11-12,16H,6-10H2,1-5H3,(H,17,20). The van der Waals surface area contributed by atoms with Crippen LogP contribution in [0.5, 0.6) is 0 Å². The molecule has 0 aromatic rings. The fraction of sp³-hybridized carbons (Fsp3) is 0.867. The maximum absolute atomic E-state index is 12.6. The Labute approximate surface area is 122 Å².